The first-order valence-electron chi connectivity index (χ1n) is 10.7. The fourth-order valence-corrected chi connectivity index (χ4v) is 5.66. The summed E-state index contributed by atoms with van der Waals surface area (Å²) in [6.07, 6.45) is 2.05. The fraction of sp³-hybridized carbons (Fsp3) is 0.500. The number of pyridine rings is 1. The van der Waals surface area contributed by atoms with Crippen LogP contribution in [0.25, 0.3) is 0 Å². The van der Waals surface area contributed by atoms with E-state index in [9.17, 15) is 12.8 Å². The predicted octanol–water partition coefficient (Wildman–Crippen LogP) is 3.33. The van der Waals surface area contributed by atoms with Gasteiger partial charge in [0.05, 0.1) is 5.60 Å². The van der Waals surface area contributed by atoms with Gasteiger partial charge in [-0.05, 0) is 57.5 Å². The molecule has 1 aliphatic heterocycles. The van der Waals surface area contributed by atoms with Crippen LogP contribution in [0.1, 0.15) is 30.7 Å². The molecule has 0 bridgehead atoms. The SMILES string of the molecule is COC1(CN(C)C)CCN(c2cc(F)c(S(=O)(=O)Nc3cccc(F)n3)c(F)c2C2CC2)C1. The van der Waals surface area contributed by atoms with Gasteiger partial charge >= 0.3 is 0 Å². The summed E-state index contributed by atoms with van der Waals surface area (Å²) in [4.78, 5) is 6.20. The Morgan fingerprint density at radius 3 is 2.61 bits per heavy atom. The molecule has 4 rings (SSSR count). The second-order valence-corrected chi connectivity index (χ2v) is 10.6. The highest BCUT2D eigenvalue weighted by Crippen LogP contribution is 2.48. The summed E-state index contributed by atoms with van der Waals surface area (Å²) in [6, 6.07) is 4.57. The fourth-order valence-electron chi connectivity index (χ4n) is 4.51. The molecule has 1 atom stereocenters. The third-order valence-corrected chi connectivity index (χ3v) is 7.48. The first-order chi connectivity index (χ1) is 15.5. The van der Waals surface area contributed by atoms with Gasteiger partial charge in [0.2, 0.25) is 5.95 Å². The molecule has 33 heavy (non-hydrogen) atoms. The largest absolute Gasteiger partial charge is 0.375 e. The van der Waals surface area contributed by atoms with E-state index in [0.717, 1.165) is 12.1 Å². The molecule has 2 aromatic rings. The second kappa shape index (κ2) is 8.77. The normalized spacial score (nSPS) is 21.1. The van der Waals surface area contributed by atoms with Crippen LogP contribution in [-0.2, 0) is 14.8 Å². The molecule has 1 saturated carbocycles. The van der Waals surface area contributed by atoms with Crippen molar-refractivity contribution in [2.24, 2.45) is 0 Å². The topological polar surface area (TPSA) is 74.8 Å². The van der Waals surface area contributed by atoms with Crippen molar-refractivity contribution in [1.29, 1.82) is 0 Å². The quantitative estimate of drug-likeness (QED) is 0.580. The van der Waals surface area contributed by atoms with E-state index >= 15 is 8.78 Å². The molecule has 1 aliphatic carbocycles. The standard InChI is InChI=1S/C22H27F3N4O3S/c1-28(2)12-22(32-3)9-10-29(13-22)16-11-15(23)21(20(25)19(16)14-7-8-14)33(30,31)27-18-6-4-5-17(24)26-18/h4-6,11,14H,7-10,12-13H2,1-3H3,(H,26,27). The lowest BCUT2D eigenvalue weighted by Gasteiger charge is -2.32. The Balaban J connectivity index is 1.72. The lowest BCUT2D eigenvalue weighted by Crippen LogP contribution is -2.44. The number of hydrogen-bond acceptors (Lipinski definition) is 6. The van der Waals surface area contributed by atoms with Gasteiger partial charge in [0.15, 0.2) is 10.7 Å². The molecule has 1 unspecified atom stereocenters. The number of ether oxygens (including phenoxy) is 1. The van der Waals surface area contributed by atoms with Crippen molar-refractivity contribution in [2.75, 3.05) is 50.5 Å². The minimum atomic E-state index is -4.68. The van der Waals surface area contributed by atoms with Gasteiger partial charge in [-0.25, -0.2) is 22.2 Å². The molecule has 1 aromatic heterocycles. The maximum Gasteiger partial charge on any atom is 0.268 e. The van der Waals surface area contributed by atoms with Gasteiger partial charge in [-0.3, -0.25) is 4.72 Å². The zero-order chi connectivity index (χ0) is 24.0. The molecule has 1 aromatic carbocycles. The number of anilines is 2. The predicted molar refractivity (Wildman–Crippen MR) is 118 cm³/mol. The lowest BCUT2D eigenvalue weighted by molar-refractivity contribution is -0.0100. The first-order valence-corrected chi connectivity index (χ1v) is 12.2. The zero-order valence-corrected chi connectivity index (χ0v) is 19.6. The number of rotatable bonds is 8. The molecule has 180 valence electrons. The van der Waals surface area contributed by atoms with Crippen LogP contribution in [0.3, 0.4) is 0 Å². The van der Waals surface area contributed by atoms with E-state index in [2.05, 4.69) is 4.98 Å². The van der Waals surface area contributed by atoms with Crippen LogP contribution in [0.5, 0.6) is 0 Å². The molecule has 2 fully saturated rings. The number of nitrogens with zero attached hydrogens (tertiary/aromatic N) is 3. The number of hydrogen-bond donors (Lipinski definition) is 1. The van der Waals surface area contributed by atoms with Crippen LogP contribution in [0.4, 0.5) is 24.7 Å². The van der Waals surface area contributed by atoms with E-state index in [4.69, 9.17) is 4.74 Å². The van der Waals surface area contributed by atoms with E-state index < -0.39 is 38.1 Å². The highest BCUT2D eigenvalue weighted by molar-refractivity contribution is 7.92. The van der Waals surface area contributed by atoms with Crippen molar-refractivity contribution in [3.63, 3.8) is 0 Å². The summed E-state index contributed by atoms with van der Waals surface area (Å²) in [5, 5.41) is 0. The van der Waals surface area contributed by atoms with Gasteiger partial charge in [-0.2, -0.15) is 4.39 Å². The van der Waals surface area contributed by atoms with Crippen molar-refractivity contribution in [1.82, 2.24) is 9.88 Å². The Hall–Kier alpha value is -2.37. The number of methoxy groups -OCH3 is 1. The molecule has 11 heteroatoms. The molecule has 1 N–H and O–H groups in total. The Morgan fingerprint density at radius 1 is 1.27 bits per heavy atom. The summed E-state index contributed by atoms with van der Waals surface area (Å²) in [7, 11) is 0.799. The number of nitrogens with one attached hydrogen (secondary N) is 1. The number of halogens is 3. The molecular weight excluding hydrogens is 457 g/mol. The average Bonchev–Trinajstić information content (AvgIpc) is 3.46. The number of sulfonamides is 1. The summed E-state index contributed by atoms with van der Waals surface area (Å²) in [5.41, 5.74) is 0.0563. The van der Waals surface area contributed by atoms with Crippen LogP contribution in [0, 0.1) is 17.6 Å². The Labute approximate surface area is 191 Å². The van der Waals surface area contributed by atoms with Crippen molar-refractivity contribution in [3.05, 3.63) is 47.4 Å². The highest BCUT2D eigenvalue weighted by Gasteiger charge is 2.43. The number of aromatic nitrogens is 1. The van der Waals surface area contributed by atoms with Gasteiger partial charge < -0.3 is 14.5 Å². The lowest BCUT2D eigenvalue weighted by atomic mass is 10.0. The zero-order valence-electron chi connectivity index (χ0n) is 18.7. The van der Waals surface area contributed by atoms with Crippen molar-refractivity contribution >= 4 is 21.5 Å². The minimum Gasteiger partial charge on any atom is -0.375 e. The van der Waals surface area contributed by atoms with Crippen molar-refractivity contribution < 1.29 is 26.3 Å². The molecule has 7 nitrogen and oxygen atoms in total. The second-order valence-electron chi connectivity index (χ2n) is 8.96. The molecule has 0 spiro atoms. The third kappa shape index (κ3) is 4.80. The Morgan fingerprint density at radius 2 is 2.00 bits per heavy atom. The summed E-state index contributed by atoms with van der Waals surface area (Å²) in [5.74, 6) is -3.79. The van der Waals surface area contributed by atoms with Gasteiger partial charge in [-0.1, -0.05) is 6.07 Å². The van der Waals surface area contributed by atoms with Crippen LogP contribution in [0.15, 0.2) is 29.2 Å². The van der Waals surface area contributed by atoms with E-state index in [1.165, 1.54) is 12.1 Å². The monoisotopic (exact) mass is 484 g/mol. The van der Waals surface area contributed by atoms with Gasteiger partial charge in [0, 0.05) is 38.0 Å². The molecule has 0 amide bonds. The maximum absolute atomic E-state index is 15.7. The van der Waals surface area contributed by atoms with Crippen LogP contribution in [0.2, 0.25) is 0 Å². The number of benzene rings is 1. The average molecular weight is 485 g/mol. The number of likely N-dealkylation sites (N-methyl/N-ethyl adjacent to an activating group) is 1. The first kappa shape index (κ1) is 23.8. The van der Waals surface area contributed by atoms with E-state index in [0.29, 0.717) is 44.6 Å². The van der Waals surface area contributed by atoms with Crippen LogP contribution < -0.4 is 9.62 Å². The molecule has 1 saturated heterocycles. The van der Waals surface area contributed by atoms with Gasteiger partial charge in [-0.15, -0.1) is 0 Å². The smallest absolute Gasteiger partial charge is 0.268 e. The van der Waals surface area contributed by atoms with E-state index in [1.54, 1.807) is 7.11 Å². The molecule has 0 radical (unpaired) electrons. The van der Waals surface area contributed by atoms with E-state index in [-0.39, 0.29) is 17.3 Å². The maximum atomic E-state index is 15.7. The summed E-state index contributed by atoms with van der Waals surface area (Å²) in [6.45, 7) is 1.59. The van der Waals surface area contributed by atoms with E-state index in [1.807, 2.05) is 28.6 Å². The molecule has 2 aliphatic rings. The highest BCUT2D eigenvalue weighted by atomic mass is 32.2. The Kier molecular flexibility index (Phi) is 6.32. The Bertz CT molecular complexity index is 1160. The third-order valence-electron chi connectivity index (χ3n) is 6.09. The van der Waals surface area contributed by atoms with Gasteiger partial charge in [0.25, 0.3) is 10.0 Å². The summed E-state index contributed by atoms with van der Waals surface area (Å²) < 4.78 is 77.7. The summed E-state index contributed by atoms with van der Waals surface area (Å²) >= 11 is 0. The molecular formula is C22H27F3N4O3S. The van der Waals surface area contributed by atoms with Crippen LogP contribution >= 0.6 is 0 Å². The van der Waals surface area contributed by atoms with Crippen molar-refractivity contribution in [3.8, 4) is 0 Å². The van der Waals surface area contributed by atoms with Crippen molar-refractivity contribution in [2.45, 2.75) is 35.7 Å². The minimum absolute atomic E-state index is 0.187. The molecule has 2 heterocycles. The van der Waals surface area contributed by atoms with Gasteiger partial charge in [0.1, 0.15) is 11.6 Å². The van der Waals surface area contributed by atoms with Crippen LogP contribution in [-0.4, -0.2) is 64.7 Å².